The van der Waals surface area contributed by atoms with Gasteiger partial charge >= 0.3 is 5.97 Å². The number of carboxylic acids is 1. The van der Waals surface area contributed by atoms with Crippen LogP contribution in [0, 0.1) is 5.82 Å². The third-order valence-electron chi connectivity index (χ3n) is 3.95. The monoisotopic (exact) mass is 343 g/mol. The minimum absolute atomic E-state index is 0.273. The molecule has 5 nitrogen and oxygen atoms in total. The summed E-state index contributed by atoms with van der Waals surface area (Å²) in [5.74, 6) is -1.82. The van der Waals surface area contributed by atoms with Crippen molar-refractivity contribution in [3.63, 3.8) is 0 Å². The number of hydrogen-bond donors (Lipinski definition) is 2. The molecule has 0 spiro atoms. The number of carbonyl (C=O) groups is 2. The number of carbonyl (C=O) groups excluding carboxylic acids is 1. The van der Waals surface area contributed by atoms with Crippen LogP contribution in [0.4, 0.5) is 4.39 Å². The van der Waals surface area contributed by atoms with E-state index in [9.17, 15) is 14.0 Å². The Hall–Kier alpha value is -1.66. The van der Waals surface area contributed by atoms with Gasteiger partial charge in [-0.2, -0.15) is 0 Å². The second-order valence-corrected chi connectivity index (χ2v) is 6.66. The van der Waals surface area contributed by atoms with Crippen LogP contribution in [0.2, 0.25) is 5.02 Å². The van der Waals surface area contributed by atoms with Crippen molar-refractivity contribution in [2.24, 2.45) is 0 Å². The first-order valence-corrected chi connectivity index (χ1v) is 7.70. The minimum atomic E-state index is -1.06. The van der Waals surface area contributed by atoms with Gasteiger partial charge in [0.1, 0.15) is 11.9 Å². The molecule has 23 heavy (non-hydrogen) atoms. The summed E-state index contributed by atoms with van der Waals surface area (Å²) in [6.07, 6.45) is -0.984. The first-order valence-electron chi connectivity index (χ1n) is 7.32. The molecule has 2 N–H and O–H groups in total. The fourth-order valence-corrected chi connectivity index (χ4v) is 2.99. The number of ether oxygens (including phenoxy) is 1. The van der Waals surface area contributed by atoms with Crippen LogP contribution in [-0.2, 0) is 19.7 Å². The number of benzene rings is 1. The molecule has 1 fully saturated rings. The van der Waals surface area contributed by atoms with E-state index in [1.807, 2.05) is 13.8 Å². The first-order chi connectivity index (χ1) is 10.7. The highest BCUT2D eigenvalue weighted by Crippen LogP contribution is 2.30. The van der Waals surface area contributed by atoms with Gasteiger partial charge < -0.3 is 15.2 Å². The van der Waals surface area contributed by atoms with Crippen LogP contribution < -0.4 is 5.32 Å². The van der Waals surface area contributed by atoms with Gasteiger partial charge in [-0.25, -0.2) is 9.18 Å². The summed E-state index contributed by atoms with van der Waals surface area (Å²) in [5.41, 5.74) is 0.210. The number of rotatable bonds is 5. The Morgan fingerprint density at radius 2 is 2.04 bits per heavy atom. The van der Waals surface area contributed by atoms with Gasteiger partial charge in [0.15, 0.2) is 6.10 Å². The molecular formula is C16H19ClFNO4. The van der Waals surface area contributed by atoms with E-state index >= 15 is 0 Å². The van der Waals surface area contributed by atoms with E-state index in [1.165, 1.54) is 12.1 Å². The van der Waals surface area contributed by atoms with Crippen molar-refractivity contribution in [2.45, 2.75) is 44.3 Å². The molecule has 0 aromatic heterocycles. The van der Waals surface area contributed by atoms with Crippen molar-refractivity contribution in [1.82, 2.24) is 5.32 Å². The fourth-order valence-electron chi connectivity index (χ4n) is 2.57. The summed E-state index contributed by atoms with van der Waals surface area (Å²) in [6.45, 7) is 4.03. The maximum atomic E-state index is 13.1. The van der Waals surface area contributed by atoms with E-state index in [2.05, 4.69) is 5.32 Å². The average molecular weight is 344 g/mol. The van der Waals surface area contributed by atoms with Crippen LogP contribution in [0.5, 0.6) is 0 Å². The summed E-state index contributed by atoms with van der Waals surface area (Å²) in [4.78, 5) is 22.9. The Labute approximate surface area is 138 Å². The fraction of sp³-hybridized carbons (Fsp3) is 0.500. The molecular weight excluding hydrogens is 325 g/mol. The van der Waals surface area contributed by atoms with Crippen molar-refractivity contribution >= 4 is 23.5 Å². The van der Waals surface area contributed by atoms with E-state index in [0.29, 0.717) is 17.9 Å². The number of carboxylic acid groups (broad SMARTS) is 1. The van der Waals surface area contributed by atoms with Gasteiger partial charge in [-0.1, -0.05) is 31.5 Å². The smallest absolute Gasteiger partial charge is 0.332 e. The molecule has 1 aliphatic rings. The van der Waals surface area contributed by atoms with Crippen LogP contribution in [-0.4, -0.2) is 35.7 Å². The van der Waals surface area contributed by atoms with Crippen LogP contribution >= 0.6 is 11.6 Å². The molecule has 1 heterocycles. The van der Waals surface area contributed by atoms with E-state index in [0.717, 1.165) is 5.56 Å². The lowest BCUT2D eigenvalue weighted by Gasteiger charge is -2.27. The highest BCUT2D eigenvalue weighted by Gasteiger charge is 2.35. The molecule has 0 bridgehead atoms. The zero-order valence-electron chi connectivity index (χ0n) is 12.9. The lowest BCUT2D eigenvalue weighted by atomic mass is 9.84. The third kappa shape index (κ3) is 4.20. The van der Waals surface area contributed by atoms with Crippen molar-refractivity contribution in [1.29, 1.82) is 0 Å². The Kier molecular flexibility index (Phi) is 5.26. The number of amides is 1. The Morgan fingerprint density at radius 1 is 1.39 bits per heavy atom. The summed E-state index contributed by atoms with van der Waals surface area (Å²) < 4.78 is 18.3. The summed E-state index contributed by atoms with van der Waals surface area (Å²) >= 11 is 6.07. The molecule has 1 aliphatic heterocycles. The van der Waals surface area contributed by atoms with Crippen molar-refractivity contribution in [3.05, 3.63) is 34.6 Å². The highest BCUT2D eigenvalue weighted by atomic mass is 35.5. The quantitative estimate of drug-likeness (QED) is 0.861. The molecule has 1 aromatic carbocycles. The van der Waals surface area contributed by atoms with Gasteiger partial charge in [0.05, 0.1) is 0 Å². The zero-order valence-corrected chi connectivity index (χ0v) is 13.7. The zero-order chi connectivity index (χ0) is 17.2. The molecule has 0 saturated carbocycles. The SMILES string of the molecule is CC(C)(CNC(=O)[C@@H]1CC[C@H](C(=O)O)O1)c1ccc(F)cc1Cl. The summed E-state index contributed by atoms with van der Waals surface area (Å²) in [5, 5.41) is 11.9. The standard InChI is InChI=1S/C16H19ClFNO4/c1-16(2,10-4-3-9(18)7-11(10)17)8-19-14(20)12-5-6-13(23-12)15(21)22/h3-4,7,12-13H,5-6,8H2,1-2H3,(H,19,20)(H,21,22)/t12-,13+/m0/s1. The molecule has 1 aromatic rings. The number of halogens is 2. The summed E-state index contributed by atoms with van der Waals surface area (Å²) in [6, 6.07) is 4.15. The second-order valence-electron chi connectivity index (χ2n) is 6.25. The predicted molar refractivity (Wildman–Crippen MR) is 83.0 cm³/mol. The lowest BCUT2D eigenvalue weighted by molar-refractivity contribution is -0.151. The van der Waals surface area contributed by atoms with Gasteiger partial charge in [-0.05, 0) is 30.5 Å². The molecule has 7 heteroatoms. The maximum absolute atomic E-state index is 13.1. The second kappa shape index (κ2) is 6.84. The van der Waals surface area contributed by atoms with E-state index in [4.69, 9.17) is 21.4 Å². The van der Waals surface area contributed by atoms with Crippen molar-refractivity contribution in [3.8, 4) is 0 Å². The molecule has 126 valence electrons. The van der Waals surface area contributed by atoms with Gasteiger partial charge in [-0.3, -0.25) is 4.79 Å². The van der Waals surface area contributed by atoms with Gasteiger partial charge in [0.2, 0.25) is 5.91 Å². The summed E-state index contributed by atoms with van der Waals surface area (Å²) in [7, 11) is 0. The van der Waals surface area contributed by atoms with Crippen LogP contribution in [0.15, 0.2) is 18.2 Å². The molecule has 2 atom stereocenters. The van der Waals surface area contributed by atoms with E-state index in [-0.39, 0.29) is 12.5 Å². The van der Waals surface area contributed by atoms with Crippen LogP contribution in [0.3, 0.4) is 0 Å². The van der Waals surface area contributed by atoms with Crippen LogP contribution in [0.1, 0.15) is 32.3 Å². The van der Waals surface area contributed by atoms with E-state index < -0.39 is 29.4 Å². The number of aliphatic carboxylic acids is 1. The van der Waals surface area contributed by atoms with Gasteiger partial charge in [-0.15, -0.1) is 0 Å². The lowest BCUT2D eigenvalue weighted by Crippen LogP contribution is -2.42. The predicted octanol–water partition coefficient (Wildman–Crippen LogP) is 2.51. The third-order valence-corrected chi connectivity index (χ3v) is 4.26. The van der Waals surface area contributed by atoms with Crippen molar-refractivity contribution in [2.75, 3.05) is 6.54 Å². The highest BCUT2D eigenvalue weighted by molar-refractivity contribution is 6.31. The Bertz CT molecular complexity index is 620. The molecule has 0 aliphatic carbocycles. The maximum Gasteiger partial charge on any atom is 0.332 e. The van der Waals surface area contributed by atoms with Crippen molar-refractivity contribution < 1.29 is 23.8 Å². The molecule has 1 saturated heterocycles. The largest absolute Gasteiger partial charge is 0.479 e. The topological polar surface area (TPSA) is 75.6 Å². The van der Waals surface area contributed by atoms with Crippen LogP contribution in [0.25, 0.3) is 0 Å². The normalized spacial score (nSPS) is 21.2. The average Bonchev–Trinajstić information content (AvgIpc) is 2.94. The van der Waals surface area contributed by atoms with E-state index in [1.54, 1.807) is 6.07 Å². The Balaban J connectivity index is 1.96. The minimum Gasteiger partial charge on any atom is -0.479 e. The Morgan fingerprint density at radius 3 is 2.61 bits per heavy atom. The number of hydrogen-bond acceptors (Lipinski definition) is 3. The first kappa shape index (κ1) is 17.7. The molecule has 1 amide bonds. The molecule has 0 unspecified atom stereocenters. The van der Waals surface area contributed by atoms with Gasteiger partial charge in [0, 0.05) is 17.0 Å². The molecule has 2 rings (SSSR count). The molecule has 0 radical (unpaired) electrons. The van der Waals surface area contributed by atoms with Gasteiger partial charge in [0.25, 0.3) is 0 Å². The number of nitrogens with one attached hydrogen (secondary N) is 1.